The molecule has 302 valence electrons. The van der Waals surface area contributed by atoms with Gasteiger partial charge in [0.2, 0.25) is 0 Å². The monoisotopic (exact) mass is 731 g/mol. The first kappa shape index (κ1) is 47.7. The van der Waals surface area contributed by atoms with Crippen molar-refractivity contribution in [1.82, 2.24) is 0 Å². The largest absolute Gasteiger partial charge is 0.462 e. The fraction of sp³-hybridized carbons (Fsp3) is 0.951. The lowest BCUT2D eigenvalue weighted by Crippen LogP contribution is -2.59. The Morgan fingerprint density at radius 2 is 0.922 bits per heavy atom. The van der Waals surface area contributed by atoms with Crippen molar-refractivity contribution >= 4 is 11.9 Å². The van der Waals surface area contributed by atoms with Crippen LogP contribution in [0.25, 0.3) is 0 Å². The summed E-state index contributed by atoms with van der Waals surface area (Å²) in [4.78, 5) is 25.2. The maximum Gasteiger partial charge on any atom is 0.306 e. The van der Waals surface area contributed by atoms with E-state index in [1.807, 2.05) is 0 Å². The van der Waals surface area contributed by atoms with Crippen molar-refractivity contribution in [1.29, 1.82) is 0 Å². The zero-order valence-electron chi connectivity index (χ0n) is 32.6. The fourth-order valence-corrected chi connectivity index (χ4v) is 6.60. The third-order valence-electron chi connectivity index (χ3n) is 9.99. The van der Waals surface area contributed by atoms with Gasteiger partial charge in [0.05, 0.1) is 13.2 Å². The topological polar surface area (TPSA) is 152 Å². The number of aliphatic hydroxyl groups is 4. The highest BCUT2D eigenvalue weighted by Gasteiger charge is 2.44. The first-order valence-corrected chi connectivity index (χ1v) is 21.1. The minimum Gasteiger partial charge on any atom is -0.462 e. The first-order valence-electron chi connectivity index (χ1n) is 21.1. The van der Waals surface area contributed by atoms with Crippen molar-refractivity contribution in [3.8, 4) is 0 Å². The lowest BCUT2D eigenvalue weighted by Gasteiger charge is -2.39. The number of unbranched alkanes of at least 4 members (excludes halogenated alkanes) is 24. The molecule has 1 saturated heterocycles. The number of hydrogen-bond donors (Lipinski definition) is 4. The molecular formula is C41H78O10. The molecule has 0 aliphatic carbocycles. The molecule has 0 saturated carbocycles. The van der Waals surface area contributed by atoms with Crippen LogP contribution in [0.1, 0.15) is 194 Å². The van der Waals surface area contributed by atoms with Gasteiger partial charge in [-0.3, -0.25) is 9.59 Å². The fourth-order valence-electron chi connectivity index (χ4n) is 6.60. The smallest absolute Gasteiger partial charge is 0.306 e. The first-order chi connectivity index (χ1) is 24.8. The molecule has 0 bridgehead atoms. The molecule has 6 atom stereocenters. The molecule has 1 heterocycles. The molecule has 0 radical (unpaired) electrons. The number of hydrogen-bond acceptors (Lipinski definition) is 10. The third-order valence-corrected chi connectivity index (χ3v) is 9.99. The average molecular weight is 731 g/mol. The summed E-state index contributed by atoms with van der Waals surface area (Å²) in [6.45, 7) is 3.43. The Balaban J connectivity index is 2.34. The molecule has 0 aromatic heterocycles. The molecule has 0 spiro atoms. The van der Waals surface area contributed by atoms with Gasteiger partial charge in [0.15, 0.2) is 12.4 Å². The van der Waals surface area contributed by atoms with Gasteiger partial charge in [0, 0.05) is 12.8 Å². The summed E-state index contributed by atoms with van der Waals surface area (Å²) >= 11 is 0. The van der Waals surface area contributed by atoms with E-state index < -0.39 is 49.4 Å². The van der Waals surface area contributed by atoms with Crippen LogP contribution in [0.3, 0.4) is 0 Å². The van der Waals surface area contributed by atoms with Gasteiger partial charge in [0.1, 0.15) is 31.0 Å². The van der Waals surface area contributed by atoms with Gasteiger partial charge < -0.3 is 39.4 Å². The molecule has 51 heavy (non-hydrogen) atoms. The van der Waals surface area contributed by atoms with E-state index in [0.717, 1.165) is 38.5 Å². The summed E-state index contributed by atoms with van der Waals surface area (Å²) in [5, 5.41) is 40.0. The van der Waals surface area contributed by atoms with E-state index in [1.165, 1.54) is 122 Å². The summed E-state index contributed by atoms with van der Waals surface area (Å²) in [7, 11) is 0. The third kappa shape index (κ3) is 25.4. The molecule has 0 aromatic carbocycles. The standard InChI is InChI=1S/C41H78O10/c1-3-5-7-9-11-13-15-17-18-20-21-23-25-27-29-36(43)48-32-34(33-49-41-40(47)39(46)38(45)35(31-42)51-41)50-37(44)30-28-26-24-22-19-16-14-12-10-8-6-4-2/h34-35,38-42,45-47H,3-33H2,1-2H3/t34-,35-,38+,39?,40?,41-/m0/s1. The molecule has 1 aliphatic heterocycles. The van der Waals surface area contributed by atoms with E-state index in [0.29, 0.717) is 6.42 Å². The van der Waals surface area contributed by atoms with Gasteiger partial charge in [0.25, 0.3) is 0 Å². The van der Waals surface area contributed by atoms with Crippen molar-refractivity contribution in [2.45, 2.75) is 230 Å². The van der Waals surface area contributed by atoms with Crippen LogP contribution in [-0.4, -0.2) is 89.0 Å². The Kier molecular flexibility index (Phi) is 31.1. The van der Waals surface area contributed by atoms with Crippen LogP contribution in [0, 0.1) is 0 Å². The number of aliphatic hydroxyl groups excluding tert-OH is 4. The zero-order valence-corrected chi connectivity index (χ0v) is 32.6. The lowest BCUT2D eigenvalue weighted by molar-refractivity contribution is -0.305. The molecule has 10 nitrogen and oxygen atoms in total. The second-order valence-electron chi connectivity index (χ2n) is 14.8. The van der Waals surface area contributed by atoms with Crippen molar-refractivity contribution in [2.75, 3.05) is 19.8 Å². The van der Waals surface area contributed by atoms with E-state index in [9.17, 15) is 30.0 Å². The molecule has 1 fully saturated rings. The van der Waals surface area contributed by atoms with Gasteiger partial charge in [-0.05, 0) is 12.8 Å². The molecule has 10 heteroatoms. The van der Waals surface area contributed by atoms with E-state index in [1.54, 1.807) is 0 Å². The summed E-state index contributed by atoms with van der Waals surface area (Å²) < 4.78 is 22.1. The average Bonchev–Trinajstić information content (AvgIpc) is 3.13. The van der Waals surface area contributed by atoms with Crippen LogP contribution in [0.5, 0.6) is 0 Å². The Labute approximate surface area is 310 Å². The van der Waals surface area contributed by atoms with Gasteiger partial charge >= 0.3 is 11.9 Å². The number of esters is 2. The van der Waals surface area contributed by atoms with Crippen LogP contribution in [0.15, 0.2) is 0 Å². The second-order valence-corrected chi connectivity index (χ2v) is 14.8. The van der Waals surface area contributed by atoms with Crippen molar-refractivity contribution < 1.29 is 49.0 Å². The van der Waals surface area contributed by atoms with Gasteiger partial charge in [-0.25, -0.2) is 0 Å². The Morgan fingerprint density at radius 3 is 1.33 bits per heavy atom. The predicted molar refractivity (Wildman–Crippen MR) is 201 cm³/mol. The van der Waals surface area contributed by atoms with Crippen molar-refractivity contribution in [3.05, 3.63) is 0 Å². The van der Waals surface area contributed by atoms with E-state index in [4.69, 9.17) is 18.9 Å². The van der Waals surface area contributed by atoms with Gasteiger partial charge in [-0.15, -0.1) is 0 Å². The SMILES string of the molecule is CCCCCCCCCCCCCCCCC(=O)OC[C@@H](CO[C@H]1O[C@@H](CO)[C@@H](O)C(O)C1O)OC(=O)CCCCCCCCCCCCCC. The highest BCUT2D eigenvalue weighted by molar-refractivity contribution is 5.70. The minimum absolute atomic E-state index is 0.209. The molecule has 1 aliphatic rings. The normalized spacial score (nSPS) is 21.1. The Hall–Kier alpha value is -1.30. The number of carbonyl (C=O) groups excluding carboxylic acids is 2. The lowest BCUT2D eigenvalue weighted by atomic mass is 9.99. The van der Waals surface area contributed by atoms with Crippen molar-refractivity contribution in [2.24, 2.45) is 0 Å². The van der Waals surface area contributed by atoms with Crippen LogP contribution in [0.4, 0.5) is 0 Å². The maximum atomic E-state index is 12.7. The van der Waals surface area contributed by atoms with Crippen LogP contribution in [0.2, 0.25) is 0 Å². The number of carbonyl (C=O) groups is 2. The van der Waals surface area contributed by atoms with E-state index in [2.05, 4.69) is 13.8 Å². The van der Waals surface area contributed by atoms with Crippen molar-refractivity contribution in [3.63, 3.8) is 0 Å². The molecular weight excluding hydrogens is 652 g/mol. The van der Waals surface area contributed by atoms with E-state index in [-0.39, 0.29) is 32.0 Å². The number of ether oxygens (including phenoxy) is 4. The summed E-state index contributed by atoms with van der Waals surface area (Å²) in [6, 6.07) is 0. The van der Waals surface area contributed by atoms with E-state index >= 15 is 0 Å². The minimum atomic E-state index is -1.59. The molecule has 1 rings (SSSR count). The predicted octanol–water partition coefficient (Wildman–Crippen LogP) is 8.22. The summed E-state index contributed by atoms with van der Waals surface area (Å²) in [6.07, 6.45) is 23.9. The second kappa shape index (κ2) is 33.3. The van der Waals surface area contributed by atoms with Crippen LogP contribution in [-0.2, 0) is 28.5 Å². The highest BCUT2D eigenvalue weighted by Crippen LogP contribution is 2.23. The van der Waals surface area contributed by atoms with Crippen LogP contribution >= 0.6 is 0 Å². The zero-order chi connectivity index (χ0) is 37.4. The Morgan fingerprint density at radius 1 is 0.529 bits per heavy atom. The van der Waals surface area contributed by atoms with Crippen LogP contribution < -0.4 is 0 Å². The number of rotatable bonds is 35. The molecule has 0 aromatic rings. The molecule has 0 amide bonds. The molecule has 4 N–H and O–H groups in total. The highest BCUT2D eigenvalue weighted by atomic mass is 16.7. The Bertz CT molecular complexity index is 809. The van der Waals surface area contributed by atoms with Gasteiger partial charge in [-0.1, -0.05) is 168 Å². The maximum absolute atomic E-state index is 12.7. The molecule has 2 unspecified atom stereocenters. The summed E-state index contributed by atoms with van der Waals surface area (Å²) in [5.41, 5.74) is 0. The quantitative estimate of drug-likeness (QED) is 0.0371. The summed E-state index contributed by atoms with van der Waals surface area (Å²) in [5.74, 6) is -0.795. The van der Waals surface area contributed by atoms with Gasteiger partial charge in [-0.2, -0.15) is 0 Å².